The molecule has 1 aromatic heterocycles. The van der Waals surface area contributed by atoms with Gasteiger partial charge in [-0.1, -0.05) is 59.6 Å². The molecule has 2 aromatic carbocycles. The van der Waals surface area contributed by atoms with Gasteiger partial charge < -0.3 is 11.6 Å². The van der Waals surface area contributed by atoms with Gasteiger partial charge in [-0.05, 0) is 12.1 Å². The third-order valence-electron chi connectivity index (χ3n) is 3.18. The zero-order chi connectivity index (χ0) is 15.0. The molecule has 0 bridgehead atoms. The first-order valence-electron chi connectivity index (χ1n) is 6.22. The Morgan fingerprint density at radius 2 is 1.52 bits per heavy atom. The summed E-state index contributed by atoms with van der Waals surface area (Å²) in [7, 11) is 0. The predicted molar refractivity (Wildman–Crippen MR) is 87.7 cm³/mol. The van der Waals surface area contributed by atoms with Crippen molar-refractivity contribution >= 4 is 29.0 Å². The van der Waals surface area contributed by atoms with E-state index in [2.05, 4.69) is 4.98 Å². The van der Waals surface area contributed by atoms with E-state index in [9.17, 15) is 0 Å². The second kappa shape index (κ2) is 5.31. The number of nitrogen functional groups attached to an aromatic ring is 2. The summed E-state index contributed by atoms with van der Waals surface area (Å²) in [5, 5.41) is 0.957. The maximum Gasteiger partial charge on any atom is 0.160 e. The monoisotopic (exact) mass is 318 g/mol. The minimum absolute atomic E-state index is 0.309. The largest absolute Gasteiger partial charge is 0.382 e. The quantitative estimate of drug-likeness (QED) is 0.706. The molecular formula is C15H12Cl2N4. The van der Waals surface area contributed by atoms with Gasteiger partial charge in [0, 0.05) is 11.1 Å². The minimum Gasteiger partial charge on any atom is -0.382 e. The minimum atomic E-state index is 0.309. The van der Waals surface area contributed by atoms with Gasteiger partial charge in [0.05, 0.1) is 10.0 Å². The van der Waals surface area contributed by atoms with Crippen LogP contribution >= 0.6 is 23.2 Å². The van der Waals surface area contributed by atoms with Gasteiger partial charge in [0.25, 0.3) is 0 Å². The number of hydrogen-bond donors (Lipinski definition) is 2. The lowest BCUT2D eigenvalue weighted by molar-refractivity contribution is 1.02. The number of halogens is 2. The van der Waals surface area contributed by atoms with E-state index in [0.29, 0.717) is 32.9 Å². The predicted octanol–water partition coefficient (Wildman–Crippen LogP) is 3.82. The van der Waals surface area contributed by atoms with Crippen LogP contribution < -0.4 is 11.6 Å². The summed E-state index contributed by atoms with van der Waals surface area (Å²) in [6.07, 6.45) is 0. The van der Waals surface area contributed by atoms with Crippen LogP contribution in [0.4, 0.5) is 5.82 Å². The maximum absolute atomic E-state index is 6.21. The number of rotatable bonds is 2. The fourth-order valence-corrected chi connectivity index (χ4v) is 2.72. The molecule has 3 rings (SSSR count). The van der Waals surface area contributed by atoms with E-state index in [4.69, 9.17) is 34.8 Å². The number of imidazole rings is 1. The highest BCUT2D eigenvalue weighted by atomic mass is 35.5. The summed E-state index contributed by atoms with van der Waals surface area (Å²) < 4.78 is 1.34. The second-order valence-electron chi connectivity index (χ2n) is 4.50. The lowest BCUT2D eigenvalue weighted by Crippen LogP contribution is -2.13. The van der Waals surface area contributed by atoms with Crippen LogP contribution in [0.3, 0.4) is 0 Å². The normalized spacial score (nSPS) is 10.8. The van der Waals surface area contributed by atoms with Crippen LogP contribution in [0.25, 0.3) is 22.6 Å². The van der Waals surface area contributed by atoms with Gasteiger partial charge in [0.1, 0.15) is 5.69 Å². The number of aromatic nitrogens is 2. The Hall–Kier alpha value is -2.17. The van der Waals surface area contributed by atoms with Crippen molar-refractivity contribution in [1.29, 1.82) is 0 Å². The number of benzene rings is 2. The van der Waals surface area contributed by atoms with Crippen LogP contribution in [0, 0.1) is 0 Å². The molecule has 21 heavy (non-hydrogen) atoms. The Kier molecular flexibility index (Phi) is 3.49. The van der Waals surface area contributed by atoms with Crippen LogP contribution in [0.2, 0.25) is 10.0 Å². The average Bonchev–Trinajstić information content (AvgIpc) is 2.77. The third-order valence-corrected chi connectivity index (χ3v) is 3.81. The molecule has 0 radical (unpaired) electrons. The Balaban J connectivity index is 2.23. The summed E-state index contributed by atoms with van der Waals surface area (Å²) in [5.41, 5.74) is 7.99. The standard InChI is InChI=1S/C15H12Cl2N4/c16-10-7-4-8-11(17)12(10)13-14(18)21(19)15(20-13)9-5-2-1-3-6-9/h1-8H,18-19H2. The molecule has 106 valence electrons. The Bertz CT molecular complexity index is 777. The van der Waals surface area contributed by atoms with E-state index in [-0.39, 0.29) is 0 Å². The molecule has 3 aromatic rings. The van der Waals surface area contributed by atoms with Crippen LogP contribution in [0.1, 0.15) is 0 Å². The zero-order valence-electron chi connectivity index (χ0n) is 10.9. The summed E-state index contributed by atoms with van der Waals surface area (Å²) in [4.78, 5) is 4.52. The van der Waals surface area contributed by atoms with Gasteiger partial charge in [-0.3, -0.25) is 0 Å². The van der Waals surface area contributed by atoms with E-state index >= 15 is 0 Å². The lowest BCUT2D eigenvalue weighted by atomic mass is 10.1. The molecule has 0 fully saturated rings. The van der Waals surface area contributed by atoms with E-state index in [0.717, 1.165) is 5.56 Å². The molecule has 0 aliphatic rings. The molecule has 1 heterocycles. The molecule has 0 aliphatic heterocycles. The van der Waals surface area contributed by atoms with Crippen molar-refractivity contribution in [2.24, 2.45) is 0 Å². The van der Waals surface area contributed by atoms with Crippen LogP contribution in [0.15, 0.2) is 48.5 Å². The molecular weight excluding hydrogens is 307 g/mol. The summed E-state index contributed by atoms with van der Waals surface area (Å²) in [6, 6.07) is 14.8. The SMILES string of the molecule is Nc1c(-c2c(Cl)cccc2Cl)nc(-c2ccccc2)n1N. The highest BCUT2D eigenvalue weighted by molar-refractivity contribution is 6.39. The van der Waals surface area contributed by atoms with Gasteiger partial charge in [-0.2, -0.15) is 0 Å². The topological polar surface area (TPSA) is 69.9 Å². The van der Waals surface area contributed by atoms with Gasteiger partial charge in [-0.25, -0.2) is 9.66 Å². The van der Waals surface area contributed by atoms with Crippen LogP contribution in [-0.2, 0) is 0 Å². The molecule has 0 amide bonds. The molecule has 0 unspecified atom stereocenters. The lowest BCUT2D eigenvalue weighted by Gasteiger charge is -2.05. The fraction of sp³-hybridized carbons (Fsp3) is 0. The van der Waals surface area contributed by atoms with E-state index < -0.39 is 0 Å². The molecule has 0 saturated carbocycles. The highest BCUT2D eigenvalue weighted by Gasteiger charge is 2.19. The van der Waals surface area contributed by atoms with Gasteiger partial charge in [0.15, 0.2) is 11.6 Å². The van der Waals surface area contributed by atoms with Gasteiger partial charge in [0.2, 0.25) is 0 Å². The molecule has 4 N–H and O–H groups in total. The van der Waals surface area contributed by atoms with Crippen molar-refractivity contribution in [2.45, 2.75) is 0 Å². The van der Waals surface area contributed by atoms with E-state index in [1.807, 2.05) is 30.3 Å². The number of nitrogens with two attached hydrogens (primary N) is 2. The fourth-order valence-electron chi connectivity index (χ4n) is 2.14. The first kappa shape index (κ1) is 13.8. The van der Waals surface area contributed by atoms with Crippen molar-refractivity contribution < 1.29 is 0 Å². The molecule has 4 nitrogen and oxygen atoms in total. The second-order valence-corrected chi connectivity index (χ2v) is 5.32. The molecule has 0 atom stereocenters. The molecule has 0 spiro atoms. The van der Waals surface area contributed by atoms with Crippen molar-refractivity contribution in [3.05, 3.63) is 58.6 Å². The Labute approximate surface area is 131 Å². The third kappa shape index (κ3) is 2.33. The smallest absolute Gasteiger partial charge is 0.160 e. The summed E-state index contributed by atoms with van der Waals surface area (Å²) in [5.74, 6) is 6.88. The molecule has 6 heteroatoms. The van der Waals surface area contributed by atoms with Gasteiger partial charge in [-0.15, -0.1) is 0 Å². The first-order valence-corrected chi connectivity index (χ1v) is 6.98. The average molecular weight is 319 g/mol. The van der Waals surface area contributed by atoms with Crippen molar-refractivity contribution in [3.63, 3.8) is 0 Å². The first-order chi connectivity index (χ1) is 10.1. The summed E-state index contributed by atoms with van der Waals surface area (Å²) in [6.45, 7) is 0. The van der Waals surface area contributed by atoms with E-state index in [1.165, 1.54) is 4.68 Å². The molecule has 0 saturated heterocycles. The number of nitrogens with zero attached hydrogens (tertiary/aromatic N) is 2. The van der Waals surface area contributed by atoms with E-state index in [1.54, 1.807) is 18.2 Å². The van der Waals surface area contributed by atoms with Crippen molar-refractivity contribution in [1.82, 2.24) is 9.66 Å². The summed E-state index contributed by atoms with van der Waals surface area (Å²) >= 11 is 12.4. The Morgan fingerprint density at radius 1 is 0.905 bits per heavy atom. The van der Waals surface area contributed by atoms with Crippen LogP contribution in [0.5, 0.6) is 0 Å². The van der Waals surface area contributed by atoms with Crippen molar-refractivity contribution in [2.75, 3.05) is 11.6 Å². The van der Waals surface area contributed by atoms with Crippen LogP contribution in [-0.4, -0.2) is 9.66 Å². The van der Waals surface area contributed by atoms with Crippen molar-refractivity contribution in [3.8, 4) is 22.6 Å². The zero-order valence-corrected chi connectivity index (χ0v) is 12.4. The highest BCUT2D eigenvalue weighted by Crippen LogP contribution is 2.38. The van der Waals surface area contributed by atoms with Gasteiger partial charge >= 0.3 is 0 Å². The number of hydrogen-bond acceptors (Lipinski definition) is 3. The molecule has 0 aliphatic carbocycles. The maximum atomic E-state index is 6.21. The Morgan fingerprint density at radius 3 is 2.14 bits per heavy atom. The number of anilines is 1.